The van der Waals surface area contributed by atoms with Crippen molar-refractivity contribution in [2.45, 2.75) is 128 Å². The normalized spacial score (nSPS) is 18.1. The molecule has 0 fully saturated rings. The molecule has 0 saturated carbocycles. The Hall–Kier alpha value is -2.63. The maximum absolute atomic E-state index is 12.5. The Bertz CT molecular complexity index is 1660. The molecule has 0 aromatic heterocycles. The number of hydrogen-bond donors (Lipinski definition) is 0. The molecule has 256 valence electrons. The maximum Gasteiger partial charge on any atom is 0.209 e. The van der Waals surface area contributed by atoms with Crippen molar-refractivity contribution in [2.75, 3.05) is 24.2 Å². The van der Waals surface area contributed by atoms with E-state index in [1.165, 1.54) is 86.6 Å². The zero-order valence-corrected chi connectivity index (χ0v) is 31.8. The third-order valence-electron chi connectivity index (χ3n) is 10.1. The van der Waals surface area contributed by atoms with Gasteiger partial charge < -0.3 is 4.90 Å². The van der Waals surface area contributed by atoms with Gasteiger partial charge in [-0.1, -0.05) is 95.9 Å². The third-order valence-corrected chi connectivity index (χ3v) is 11.5. The van der Waals surface area contributed by atoms with Gasteiger partial charge in [-0.05, 0) is 81.7 Å². The fourth-order valence-corrected chi connectivity index (χ4v) is 8.05. The highest BCUT2D eigenvalue weighted by atomic mass is 35.5. The number of fused-ring (bicyclic) bond motifs is 2. The van der Waals surface area contributed by atoms with Gasteiger partial charge in [-0.2, -0.15) is 4.58 Å². The molecule has 0 spiro atoms. The molecular formula is C41H58ClN2O2S+. The van der Waals surface area contributed by atoms with Crippen LogP contribution < -0.4 is 4.90 Å². The molecule has 0 bridgehead atoms. The Morgan fingerprint density at radius 2 is 1.51 bits per heavy atom. The quantitative estimate of drug-likeness (QED) is 0.101. The second-order valence-electron chi connectivity index (χ2n) is 14.7. The van der Waals surface area contributed by atoms with Crippen LogP contribution in [0.3, 0.4) is 0 Å². The zero-order chi connectivity index (χ0) is 34.4. The molecule has 0 radical (unpaired) electrons. The van der Waals surface area contributed by atoms with Crippen molar-refractivity contribution >= 4 is 38.5 Å². The monoisotopic (exact) mass is 677 g/mol. The first-order chi connectivity index (χ1) is 22.2. The highest BCUT2D eigenvalue weighted by Crippen LogP contribution is 2.49. The Balaban J connectivity index is 1.66. The van der Waals surface area contributed by atoms with Crippen molar-refractivity contribution in [2.24, 2.45) is 0 Å². The maximum atomic E-state index is 12.5. The average Bonchev–Trinajstić information content (AvgIpc) is 3.35. The van der Waals surface area contributed by atoms with Gasteiger partial charge in [-0.15, -0.1) is 0 Å². The summed E-state index contributed by atoms with van der Waals surface area (Å²) in [4.78, 5) is 2.75. The van der Waals surface area contributed by atoms with Crippen LogP contribution in [0.1, 0.15) is 122 Å². The minimum Gasteiger partial charge on any atom is -0.344 e. The molecule has 0 unspecified atom stereocenters. The first kappa shape index (κ1) is 37.2. The summed E-state index contributed by atoms with van der Waals surface area (Å²) < 4.78 is 27.4. The van der Waals surface area contributed by atoms with Crippen molar-refractivity contribution in [1.29, 1.82) is 0 Å². The van der Waals surface area contributed by atoms with Crippen LogP contribution in [0.25, 0.3) is 0 Å². The molecule has 6 heteroatoms. The Labute approximate surface area is 291 Å². The van der Waals surface area contributed by atoms with E-state index in [0.717, 1.165) is 36.5 Å². The second-order valence-corrected chi connectivity index (χ2v) is 17.1. The lowest BCUT2D eigenvalue weighted by Gasteiger charge is -2.27. The van der Waals surface area contributed by atoms with Gasteiger partial charge in [0.1, 0.15) is 6.54 Å². The fraction of sp³-hybridized carbons (Fsp3) is 0.537. The van der Waals surface area contributed by atoms with Gasteiger partial charge in [0.25, 0.3) is 0 Å². The molecule has 0 atom stereocenters. The van der Waals surface area contributed by atoms with Crippen LogP contribution in [-0.2, 0) is 20.7 Å². The number of aryl methyl sites for hydroxylation is 1. The van der Waals surface area contributed by atoms with Crippen LogP contribution >= 0.6 is 11.6 Å². The summed E-state index contributed by atoms with van der Waals surface area (Å²) in [5.41, 5.74) is 8.04. The van der Waals surface area contributed by atoms with E-state index >= 15 is 0 Å². The van der Waals surface area contributed by atoms with Crippen molar-refractivity contribution in [3.8, 4) is 0 Å². The van der Waals surface area contributed by atoms with E-state index in [4.69, 9.17) is 11.6 Å². The summed E-state index contributed by atoms with van der Waals surface area (Å²) >= 11 is 6.98. The zero-order valence-electron chi connectivity index (χ0n) is 30.3. The molecule has 47 heavy (non-hydrogen) atoms. The minimum atomic E-state index is -3.31. The van der Waals surface area contributed by atoms with Gasteiger partial charge in [-0.3, -0.25) is 0 Å². The number of nitrogens with zero attached hydrogens (tertiary/aromatic N) is 2. The molecule has 2 aliphatic rings. The van der Waals surface area contributed by atoms with Gasteiger partial charge in [0.2, 0.25) is 5.69 Å². The second kappa shape index (κ2) is 15.7. The first-order valence-electron chi connectivity index (χ1n) is 17.9. The average molecular weight is 678 g/mol. The topological polar surface area (TPSA) is 40.4 Å². The summed E-state index contributed by atoms with van der Waals surface area (Å²) in [6.45, 7) is 17.6. The van der Waals surface area contributed by atoms with Gasteiger partial charge in [-0.25, -0.2) is 8.42 Å². The standard InChI is InChI=1S/C41H58ClN2O2S/c1-9-11-13-15-17-27-43-36-23-19-31(3)29-34(36)40(4,5)38(43)25-20-32(42)21-26-39-41(6,7)35-30-33(47(8,45)46)22-24-37(35)44(39)28-18-16-14-12-10-2/h19-26,29-30H,9-18,27-28H2,1-8H3/q+1. The van der Waals surface area contributed by atoms with E-state index in [2.05, 4.69) is 88.3 Å². The molecule has 0 amide bonds. The number of hydrogen-bond acceptors (Lipinski definition) is 3. The Kier molecular flexibility index (Phi) is 12.4. The molecule has 0 N–H and O–H groups in total. The van der Waals surface area contributed by atoms with Crippen LogP contribution in [0.4, 0.5) is 11.4 Å². The summed E-state index contributed by atoms with van der Waals surface area (Å²) in [5.74, 6) is 0. The molecule has 4 rings (SSSR count). The number of halogens is 1. The van der Waals surface area contributed by atoms with Crippen LogP contribution in [0.15, 0.2) is 76.3 Å². The lowest BCUT2D eigenvalue weighted by atomic mass is 9.81. The smallest absolute Gasteiger partial charge is 0.209 e. The summed E-state index contributed by atoms with van der Waals surface area (Å²) in [5, 5.41) is 0.669. The summed E-state index contributed by atoms with van der Waals surface area (Å²) in [6.07, 6.45) is 21.9. The predicted octanol–water partition coefficient (Wildman–Crippen LogP) is 11.1. The number of sulfone groups is 1. The minimum absolute atomic E-state index is 0.127. The van der Waals surface area contributed by atoms with Crippen LogP contribution in [-0.4, -0.2) is 38.1 Å². The van der Waals surface area contributed by atoms with Gasteiger partial charge >= 0.3 is 0 Å². The molecule has 2 aliphatic heterocycles. The highest BCUT2D eigenvalue weighted by molar-refractivity contribution is 7.90. The van der Waals surface area contributed by atoms with Crippen molar-refractivity contribution in [3.05, 3.63) is 88.1 Å². The van der Waals surface area contributed by atoms with Crippen molar-refractivity contribution < 1.29 is 13.0 Å². The molecule has 0 aliphatic carbocycles. The molecule has 2 aromatic rings. The number of allylic oxidation sites excluding steroid dienone is 6. The fourth-order valence-electron chi connectivity index (χ4n) is 7.28. The van der Waals surface area contributed by atoms with Gasteiger partial charge in [0.05, 0.1) is 10.3 Å². The molecule has 0 saturated heterocycles. The number of anilines is 1. The molecule has 2 heterocycles. The lowest BCUT2D eigenvalue weighted by molar-refractivity contribution is -0.438. The summed E-state index contributed by atoms with van der Waals surface area (Å²) in [6, 6.07) is 12.5. The largest absolute Gasteiger partial charge is 0.344 e. The number of unbranched alkanes of at least 4 members (excludes halogenated alkanes) is 8. The number of rotatable bonds is 16. The molecular weight excluding hydrogens is 620 g/mol. The van der Waals surface area contributed by atoms with Crippen molar-refractivity contribution in [3.63, 3.8) is 0 Å². The highest BCUT2D eigenvalue weighted by Gasteiger charge is 2.44. The van der Waals surface area contributed by atoms with E-state index in [-0.39, 0.29) is 10.8 Å². The van der Waals surface area contributed by atoms with Gasteiger partial charge in [0.15, 0.2) is 15.5 Å². The third kappa shape index (κ3) is 8.51. The van der Waals surface area contributed by atoms with Crippen molar-refractivity contribution in [1.82, 2.24) is 0 Å². The van der Waals surface area contributed by atoms with Gasteiger partial charge in [0, 0.05) is 58.8 Å². The van der Waals surface area contributed by atoms with E-state index < -0.39 is 9.84 Å². The number of benzene rings is 2. The Morgan fingerprint density at radius 3 is 2.17 bits per heavy atom. The van der Waals surface area contributed by atoms with Crippen LogP contribution in [0.2, 0.25) is 0 Å². The molecule has 4 nitrogen and oxygen atoms in total. The lowest BCUT2D eigenvalue weighted by Crippen LogP contribution is -2.28. The SMILES string of the molecule is CCCCCCCN1C(=CC=C(Cl)C=CC2=[N+](CCCCCCC)c3ccc(C)cc3C2(C)C)C(C)(C)c2cc(S(C)(=O)=O)ccc21. The predicted molar refractivity (Wildman–Crippen MR) is 203 cm³/mol. The van der Waals surface area contributed by atoms with Crippen LogP contribution in [0, 0.1) is 6.92 Å². The van der Waals surface area contributed by atoms with E-state index in [1.807, 2.05) is 24.3 Å². The molecule has 2 aromatic carbocycles. The Morgan fingerprint density at radius 1 is 0.851 bits per heavy atom. The van der Waals surface area contributed by atoms with E-state index in [0.29, 0.717) is 9.93 Å². The first-order valence-corrected chi connectivity index (χ1v) is 20.1. The van der Waals surface area contributed by atoms with E-state index in [9.17, 15) is 8.42 Å². The van der Waals surface area contributed by atoms with E-state index in [1.54, 1.807) is 6.07 Å². The van der Waals surface area contributed by atoms with Crippen LogP contribution in [0.5, 0.6) is 0 Å². The summed E-state index contributed by atoms with van der Waals surface area (Å²) in [7, 11) is -3.31.